The van der Waals surface area contributed by atoms with Crippen LogP contribution in [0.25, 0.3) is 11.1 Å². The van der Waals surface area contributed by atoms with Gasteiger partial charge in [-0.2, -0.15) is 0 Å². The van der Waals surface area contributed by atoms with Crippen molar-refractivity contribution in [3.05, 3.63) is 115 Å². The molecule has 0 saturated carbocycles. The van der Waals surface area contributed by atoms with Crippen molar-refractivity contribution in [3.63, 3.8) is 0 Å². The Labute approximate surface area is 209 Å². The summed E-state index contributed by atoms with van der Waals surface area (Å²) in [6.45, 7) is 0. The van der Waals surface area contributed by atoms with Crippen molar-refractivity contribution >= 4 is 17.1 Å². The number of hydrogen-bond donors (Lipinski definition) is 3. The number of ether oxygens (including phenoxy) is 3. The number of nitrogens with two attached hydrogens (primary N) is 3. The van der Waals surface area contributed by atoms with Crippen LogP contribution in [0.5, 0.6) is 34.5 Å². The van der Waals surface area contributed by atoms with E-state index in [-0.39, 0.29) is 0 Å². The van der Waals surface area contributed by atoms with E-state index in [1.165, 1.54) is 0 Å². The van der Waals surface area contributed by atoms with Gasteiger partial charge in [0.1, 0.15) is 28.7 Å². The number of rotatable bonds is 7. The van der Waals surface area contributed by atoms with E-state index in [4.69, 9.17) is 31.4 Å². The molecule has 5 aromatic carbocycles. The Morgan fingerprint density at radius 3 is 1.50 bits per heavy atom. The van der Waals surface area contributed by atoms with Gasteiger partial charge in [0, 0.05) is 35.1 Å². The second-order valence-corrected chi connectivity index (χ2v) is 8.17. The predicted octanol–water partition coefficient (Wildman–Crippen LogP) is 7.48. The molecule has 0 bridgehead atoms. The maximum Gasteiger partial charge on any atom is 0.150 e. The fourth-order valence-electron chi connectivity index (χ4n) is 3.77. The van der Waals surface area contributed by atoms with Crippen molar-refractivity contribution in [2.75, 3.05) is 17.2 Å². The molecule has 0 atom stereocenters. The first-order valence-corrected chi connectivity index (χ1v) is 11.4. The molecule has 6 N–H and O–H groups in total. The number of nitrogen functional groups attached to an aromatic ring is 3. The second kappa shape index (κ2) is 10.0. The molecule has 5 rings (SSSR count). The third kappa shape index (κ3) is 5.34. The van der Waals surface area contributed by atoms with Gasteiger partial charge in [-0.05, 0) is 60.2 Å². The molecule has 36 heavy (non-hydrogen) atoms. The Hall–Kier alpha value is -5.10. The molecule has 5 aromatic rings. The molecule has 0 aromatic heterocycles. The molecule has 6 nitrogen and oxygen atoms in total. The summed E-state index contributed by atoms with van der Waals surface area (Å²) < 4.78 is 18.0. The SMILES string of the molecule is Nc1cccc(Oc2cccc(Oc3cccc(-c4cccc(Oc5cccc(N)c5)c4)c3N)c2)c1. The van der Waals surface area contributed by atoms with Gasteiger partial charge in [0.2, 0.25) is 0 Å². The summed E-state index contributed by atoms with van der Waals surface area (Å²) >= 11 is 0. The van der Waals surface area contributed by atoms with Crippen molar-refractivity contribution in [2.45, 2.75) is 0 Å². The van der Waals surface area contributed by atoms with Crippen LogP contribution in [0.1, 0.15) is 0 Å². The van der Waals surface area contributed by atoms with Crippen LogP contribution in [0.15, 0.2) is 115 Å². The molecular formula is C30H25N3O3. The standard InChI is InChI=1S/C30H25N3O3/c31-21-7-2-10-24(17-21)34-23-9-1-6-20(16-23)28-14-5-15-29(30(28)33)36-27-13-4-12-26(19-27)35-25-11-3-8-22(32)18-25/h1-19H,31-33H2. The minimum atomic E-state index is 0.515. The van der Waals surface area contributed by atoms with Gasteiger partial charge in [-0.3, -0.25) is 0 Å². The summed E-state index contributed by atoms with van der Waals surface area (Å²) in [6, 6.07) is 35.3. The van der Waals surface area contributed by atoms with Crippen LogP contribution >= 0.6 is 0 Å². The summed E-state index contributed by atoms with van der Waals surface area (Å²) in [6.07, 6.45) is 0. The molecule has 178 valence electrons. The number of para-hydroxylation sites is 1. The third-order valence-corrected chi connectivity index (χ3v) is 5.43. The number of anilines is 3. The number of benzene rings is 5. The summed E-state index contributed by atoms with van der Waals surface area (Å²) in [7, 11) is 0. The first kappa shape index (κ1) is 22.7. The van der Waals surface area contributed by atoms with E-state index in [1.807, 2.05) is 97.1 Å². The van der Waals surface area contributed by atoms with Crippen molar-refractivity contribution in [1.29, 1.82) is 0 Å². The Morgan fingerprint density at radius 1 is 0.417 bits per heavy atom. The first-order valence-electron chi connectivity index (χ1n) is 11.4. The van der Waals surface area contributed by atoms with Crippen molar-refractivity contribution in [2.24, 2.45) is 0 Å². The maximum atomic E-state index is 6.54. The molecule has 6 heteroatoms. The van der Waals surface area contributed by atoms with E-state index in [0.29, 0.717) is 51.6 Å². The van der Waals surface area contributed by atoms with Crippen LogP contribution < -0.4 is 31.4 Å². The Morgan fingerprint density at radius 2 is 0.889 bits per heavy atom. The fraction of sp³-hybridized carbons (Fsp3) is 0. The summed E-state index contributed by atoms with van der Waals surface area (Å²) in [5.74, 6) is 3.75. The summed E-state index contributed by atoms with van der Waals surface area (Å²) in [4.78, 5) is 0. The lowest BCUT2D eigenvalue weighted by molar-refractivity contribution is 0.461. The van der Waals surface area contributed by atoms with Crippen molar-refractivity contribution in [3.8, 4) is 45.6 Å². The highest BCUT2D eigenvalue weighted by Gasteiger charge is 2.11. The molecule has 0 saturated heterocycles. The largest absolute Gasteiger partial charge is 0.457 e. The molecule has 0 aliphatic heterocycles. The van der Waals surface area contributed by atoms with E-state index >= 15 is 0 Å². The molecule has 0 amide bonds. The van der Waals surface area contributed by atoms with Crippen LogP contribution in [0, 0.1) is 0 Å². The average molecular weight is 476 g/mol. The van der Waals surface area contributed by atoms with Crippen LogP contribution in [0.3, 0.4) is 0 Å². The molecular weight excluding hydrogens is 450 g/mol. The Bertz CT molecular complexity index is 1520. The highest BCUT2D eigenvalue weighted by molar-refractivity contribution is 5.81. The van der Waals surface area contributed by atoms with E-state index in [9.17, 15) is 0 Å². The van der Waals surface area contributed by atoms with Crippen LogP contribution in [0.4, 0.5) is 17.1 Å². The van der Waals surface area contributed by atoms with Gasteiger partial charge >= 0.3 is 0 Å². The highest BCUT2D eigenvalue weighted by Crippen LogP contribution is 2.38. The van der Waals surface area contributed by atoms with Gasteiger partial charge in [0.15, 0.2) is 5.75 Å². The monoisotopic (exact) mass is 475 g/mol. The lowest BCUT2D eigenvalue weighted by Gasteiger charge is -2.14. The molecule has 0 unspecified atom stereocenters. The normalized spacial score (nSPS) is 10.6. The van der Waals surface area contributed by atoms with Gasteiger partial charge in [0.25, 0.3) is 0 Å². The van der Waals surface area contributed by atoms with Gasteiger partial charge in [0.05, 0.1) is 5.69 Å². The second-order valence-electron chi connectivity index (χ2n) is 8.17. The third-order valence-electron chi connectivity index (χ3n) is 5.43. The van der Waals surface area contributed by atoms with Gasteiger partial charge in [-0.1, -0.05) is 42.5 Å². The van der Waals surface area contributed by atoms with Gasteiger partial charge < -0.3 is 31.4 Å². The van der Waals surface area contributed by atoms with E-state index in [0.717, 1.165) is 11.1 Å². The Kier molecular flexibility index (Phi) is 6.32. The lowest BCUT2D eigenvalue weighted by atomic mass is 10.0. The van der Waals surface area contributed by atoms with Crippen molar-refractivity contribution < 1.29 is 14.2 Å². The molecule has 0 radical (unpaired) electrons. The zero-order valence-corrected chi connectivity index (χ0v) is 19.4. The quantitative estimate of drug-likeness (QED) is 0.211. The van der Waals surface area contributed by atoms with E-state index < -0.39 is 0 Å². The van der Waals surface area contributed by atoms with Crippen LogP contribution in [-0.2, 0) is 0 Å². The predicted molar refractivity (Wildman–Crippen MR) is 145 cm³/mol. The molecule has 0 heterocycles. The summed E-state index contributed by atoms with van der Waals surface area (Å²) in [5.41, 5.74) is 21.8. The average Bonchev–Trinajstić information content (AvgIpc) is 2.86. The van der Waals surface area contributed by atoms with Crippen LogP contribution in [0.2, 0.25) is 0 Å². The molecule has 0 aliphatic carbocycles. The minimum absolute atomic E-state index is 0.515. The summed E-state index contributed by atoms with van der Waals surface area (Å²) in [5, 5.41) is 0. The van der Waals surface area contributed by atoms with Gasteiger partial charge in [-0.25, -0.2) is 0 Å². The Balaban J connectivity index is 1.37. The fourth-order valence-corrected chi connectivity index (χ4v) is 3.77. The van der Waals surface area contributed by atoms with Crippen LogP contribution in [-0.4, -0.2) is 0 Å². The molecule has 0 spiro atoms. The molecule has 0 aliphatic rings. The van der Waals surface area contributed by atoms with Gasteiger partial charge in [-0.15, -0.1) is 0 Å². The zero-order valence-electron chi connectivity index (χ0n) is 19.4. The van der Waals surface area contributed by atoms with E-state index in [1.54, 1.807) is 18.2 Å². The maximum absolute atomic E-state index is 6.54. The smallest absolute Gasteiger partial charge is 0.150 e. The highest BCUT2D eigenvalue weighted by atomic mass is 16.5. The molecule has 0 fully saturated rings. The topological polar surface area (TPSA) is 106 Å². The first-order chi connectivity index (χ1) is 17.5. The number of hydrogen-bond acceptors (Lipinski definition) is 6. The zero-order chi connectivity index (χ0) is 24.9. The van der Waals surface area contributed by atoms with Crippen molar-refractivity contribution in [1.82, 2.24) is 0 Å². The minimum Gasteiger partial charge on any atom is -0.457 e. The lowest BCUT2D eigenvalue weighted by Crippen LogP contribution is -1.96. The van der Waals surface area contributed by atoms with E-state index in [2.05, 4.69) is 0 Å².